The van der Waals surface area contributed by atoms with E-state index in [1.165, 1.54) is 58.0 Å². The van der Waals surface area contributed by atoms with Crippen molar-refractivity contribution in [1.29, 1.82) is 0 Å². The molecule has 108 valence electrons. The second kappa shape index (κ2) is 8.92. The summed E-state index contributed by atoms with van der Waals surface area (Å²) in [6.45, 7) is 11.9. The van der Waals surface area contributed by atoms with E-state index in [2.05, 4.69) is 37.9 Å². The molecule has 0 radical (unpaired) electrons. The van der Waals surface area contributed by atoms with E-state index in [4.69, 9.17) is 0 Å². The first-order valence-corrected chi connectivity index (χ1v) is 8.14. The summed E-state index contributed by atoms with van der Waals surface area (Å²) in [4.78, 5) is 2.70. The summed E-state index contributed by atoms with van der Waals surface area (Å²) in [7, 11) is 0. The summed E-state index contributed by atoms with van der Waals surface area (Å²) < 4.78 is 0. The van der Waals surface area contributed by atoms with E-state index in [0.29, 0.717) is 6.04 Å². The Morgan fingerprint density at radius 3 is 2.50 bits per heavy atom. The maximum absolute atomic E-state index is 3.63. The van der Waals surface area contributed by atoms with Gasteiger partial charge in [0, 0.05) is 24.7 Å². The molecule has 1 N–H and O–H groups in total. The maximum Gasteiger partial charge on any atom is 0.0195 e. The topological polar surface area (TPSA) is 15.3 Å². The Kier molecular flexibility index (Phi) is 7.92. The fourth-order valence-corrected chi connectivity index (χ4v) is 3.10. The molecule has 2 atom stereocenters. The SMILES string of the molecule is CCCCCCC(C)N(CC1CCCN1)C(C)C. The molecule has 1 heterocycles. The van der Waals surface area contributed by atoms with Crippen LogP contribution in [0.5, 0.6) is 0 Å². The summed E-state index contributed by atoms with van der Waals surface area (Å²) in [5.41, 5.74) is 0. The van der Waals surface area contributed by atoms with Crippen molar-refractivity contribution in [2.45, 2.75) is 90.8 Å². The van der Waals surface area contributed by atoms with Crippen LogP contribution in [-0.2, 0) is 0 Å². The quantitative estimate of drug-likeness (QED) is 0.630. The Balaban J connectivity index is 2.29. The largest absolute Gasteiger partial charge is 0.313 e. The molecule has 1 aliphatic heterocycles. The molecule has 0 aliphatic carbocycles. The first kappa shape index (κ1) is 16.0. The monoisotopic (exact) mass is 254 g/mol. The standard InChI is InChI=1S/C16H34N2/c1-5-6-7-8-10-15(4)18(14(2)3)13-16-11-9-12-17-16/h14-17H,5-13H2,1-4H3. The van der Waals surface area contributed by atoms with Crippen molar-refractivity contribution in [3.63, 3.8) is 0 Å². The number of hydrogen-bond acceptors (Lipinski definition) is 2. The minimum atomic E-state index is 0.675. The van der Waals surface area contributed by atoms with Crippen molar-refractivity contribution in [3.8, 4) is 0 Å². The molecule has 0 aromatic rings. The molecule has 2 nitrogen and oxygen atoms in total. The van der Waals surface area contributed by atoms with Crippen molar-refractivity contribution < 1.29 is 0 Å². The molecule has 1 fully saturated rings. The Bertz CT molecular complexity index is 197. The first-order valence-electron chi connectivity index (χ1n) is 8.14. The van der Waals surface area contributed by atoms with Crippen LogP contribution in [0.1, 0.15) is 72.6 Å². The highest BCUT2D eigenvalue weighted by Gasteiger charge is 2.22. The zero-order valence-corrected chi connectivity index (χ0v) is 13.0. The molecule has 1 aliphatic rings. The van der Waals surface area contributed by atoms with E-state index in [9.17, 15) is 0 Å². The lowest BCUT2D eigenvalue weighted by molar-refractivity contribution is 0.140. The maximum atomic E-state index is 3.63. The summed E-state index contributed by atoms with van der Waals surface area (Å²) in [6, 6.07) is 2.16. The van der Waals surface area contributed by atoms with Gasteiger partial charge in [0.25, 0.3) is 0 Å². The van der Waals surface area contributed by atoms with Gasteiger partial charge in [-0.15, -0.1) is 0 Å². The molecule has 0 bridgehead atoms. The van der Waals surface area contributed by atoms with Gasteiger partial charge < -0.3 is 5.32 Å². The lowest BCUT2D eigenvalue weighted by Crippen LogP contribution is -2.45. The summed E-state index contributed by atoms with van der Waals surface area (Å²) in [5, 5.41) is 3.63. The van der Waals surface area contributed by atoms with Gasteiger partial charge >= 0.3 is 0 Å². The van der Waals surface area contributed by atoms with E-state index in [0.717, 1.165) is 12.1 Å². The molecule has 2 heteroatoms. The van der Waals surface area contributed by atoms with Gasteiger partial charge in [0.15, 0.2) is 0 Å². The molecule has 0 aromatic heterocycles. The van der Waals surface area contributed by atoms with Gasteiger partial charge in [-0.1, -0.05) is 32.6 Å². The van der Waals surface area contributed by atoms with Crippen LogP contribution in [0.4, 0.5) is 0 Å². The Morgan fingerprint density at radius 1 is 1.17 bits per heavy atom. The normalized spacial score (nSPS) is 22.0. The highest BCUT2D eigenvalue weighted by Crippen LogP contribution is 2.16. The van der Waals surface area contributed by atoms with Gasteiger partial charge in [-0.25, -0.2) is 0 Å². The number of rotatable bonds is 9. The Morgan fingerprint density at radius 2 is 1.94 bits per heavy atom. The number of unbranched alkanes of at least 4 members (excludes halogenated alkanes) is 3. The Labute approximate surface area is 115 Å². The van der Waals surface area contributed by atoms with E-state index in [1.54, 1.807) is 0 Å². The van der Waals surface area contributed by atoms with Crippen LogP contribution in [-0.4, -0.2) is 36.1 Å². The minimum Gasteiger partial charge on any atom is -0.313 e. The molecule has 1 rings (SSSR count). The van der Waals surface area contributed by atoms with Crippen molar-refractivity contribution in [1.82, 2.24) is 10.2 Å². The van der Waals surface area contributed by atoms with Gasteiger partial charge in [-0.2, -0.15) is 0 Å². The van der Waals surface area contributed by atoms with Crippen molar-refractivity contribution in [3.05, 3.63) is 0 Å². The zero-order chi connectivity index (χ0) is 13.4. The van der Waals surface area contributed by atoms with E-state index >= 15 is 0 Å². The predicted molar refractivity (Wildman–Crippen MR) is 81.1 cm³/mol. The van der Waals surface area contributed by atoms with Crippen molar-refractivity contribution >= 4 is 0 Å². The van der Waals surface area contributed by atoms with Crippen LogP contribution in [0, 0.1) is 0 Å². The summed E-state index contributed by atoms with van der Waals surface area (Å²) in [6.07, 6.45) is 9.65. The van der Waals surface area contributed by atoms with Gasteiger partial charge in [0.2, 0.25) is 0 Å². The summed E-state index contributed by atoms with van der Waals surface area (Å²) >= 11 is 0. The third-order valence-electron chi connectivity index (χ3n) is 4.30. The second-order valence-electron chi connectivity index (χ2n) is 6.28. The van der Waals surface area contributed by atoms with Crippen molar-refractivity contribution in [2.24, 2.45) is 0 Å². The van der Waals surface area contributed by atoms with Gasteiger partial charge in [-0.05, 0) is 46.6 Å². The number of nitrogens with zero attached hydrogens (tertiary/aromatic N) is 1. The molecule has 0 saturated carbocycles. The highest BCUT2D eigenvalue weighted by molar-refractivity contribution is 4.81. The molecule has 18 heavy (non-hydrogen) atoms. The van der Waals surface area contributed by atoms with Gasteiger partial charge in [-0.3, -0.25) is 4.90 Å². The third-order valence-corrected chi connectivity index (χ3v) is 4.30. The minimum absolute atomic E-state index is 0.675. The average Bonchev–Trinajstić information content (AvgIpc) is 2.84. The number of hydrogen-bond donors (Lipinski definition) is 1. The van der Waals surface area contributed by atoms with Crippen LogP contribution in [0.25, 0.3) is 0 Å². The van der Waals surface area contributed by atoms with Gasteiger partial charge in [0.1, 0.15) is 0 Å². The highest BCUT2D eigenvalue weighted by atomic mass is 15.2. The van der Waals surface area contributed by atoms with Crippen LogP contribution in [0.2, 0.25) is 0 Å². The predicted octanol–water partition coefficient (Wildman–Crippen LogP) is 3.81. The molecule has 2 unspecified atom stereocenters. The lowest BCUT2D eigenvalue weighted by Gasteiger charge is -2.35. The van der Waals surface area contributed by atoms with Crippen LogP contribution < -0.4 is 5.32 Å². The fraction of sp³-hybridized carbons (Fsp3) is 1.00. The summed E-state index contributed by atoms with van der Waals surface area (Å²) in [5.74, 6) is 0. The van der Waals surface area contributed by atoms with Crippen LogP contribution in [0.3, 0.4) is 0 Å². The smallest absolute Gasteiger partial charge is 0.0195 e. The van der Waals surface area contributed by atoms with Crippen molar-refractivity contribution in [2.75, 3.05) is 13.1 Å². The van der Waals surface area contributed by atoms with E-state index < -0.39 is 0 Å². The van der Waals surface area contributed by atoms with Crippen LogP contribution >= 0.6 is 0 Å². The van der Waals surface area contributed by atoms with E-state index in [-0.39, 0.29) is 0 Å². The fourth-order valence-electron chi connectivity index (χ4n) is 3.10. The molecular formula is C16H34N2. The molecule has 0 aromatic carbocycles. The first-order chi connectivity index (χ1) is 8.65. The molecular weight excluding hydrogens is 220 g/mol. The zero-order valence-electron chi connectivity index (χ0n) is 13.0. The van der Waals surface area contributed by atoms with E-state index in [1.807, 2.05) is 0 Å². The second-order valence-corrected chi connectivity index (χ2v) is 6.28. The lowest BCUT2D eigenvalue weighted by atomic mass is 10.0. The molecule has 0 spiro atoms. The van der Waals surface area contributed by atoms with Gasteiger partial charge in [0.05, 0.1) is 0 Å². The molecule has 1 saturated heterocycles. The molecule has 0 amide bonds. The van der Waals surface area contributed by atoms with Crippen LogP contribution in [0.15, 0.2) is 0 Å². The average molecular weight is 254 g/mol. The number of nitrogens with one attached hydrogen (secondary N) is 1. The Hall–Kier alpha value is -0.0800. The third kappa shape index (κ3) is 5.71.